The molecule has 1 aromatic carbocycles. The van der Waals surface area contributed by atoms with E-state index in [0.29, 0.717) is 5.56 Å². The van der Waals surface area contributed by atoms with E-state index in [1.807, 2.05) is 12.1 Å². The first-order chi connectivity index (χ1) is 9.85. The van der Waals surface area contributed by atoms with Gasteiger partial charge in [-0.3, -0.25) is 4.68 Å². The lowest BCUT2D eigenvalue weighted by Crippen LogP contribution is -2.42. The Morgan fingerprint density at radius 1 is 1.24 bits per heavy atom. The van der Waals surface area contributed by atoms with Crippen LogP contribution in [0, 0.1) is 5.82 Å². The zero-order valence-electron chi connectivity index (χ0n) is 12.4. The number of aromatic nitrogens is 1. The van der Waals surface area contributed by atoms with Crippen LogP contribution in [0.15, 0.2) is 48.8 Å². The van der Waals surface area contributed by atoms with Gasteiger partial charge in [-0.15, -0.1) is 0 Å². The van der Waals surface area contributed by atoms with Gasteiger partial charge in [0.1, 0.15) is 11.4 Å². The van der Waals surface area contributed by atoms with Crippen LogP contribution in [-0.4, -0.2) is 16.4 Å². The lowest BCUT2D eigenvalue weighted by Gasteiger charge is -2.28. The number of carbonyl (C=O) groups is 1. The molecular formula is C16H19FN2O2. The average molecular weight is 290 g/mol. The van der Waals surface area contributed by atoms with Crippen LogP contribution in [0.4, 0.5) is 9.18 Å². The summed E-state index contributed by atoms with van der Waals surface area (Å²) in [6, 6.07) is 9.78. The summed E-state index contributed by atoms with van der Waals surface area (Å²) in [6.07, 6.45) is 3.00. The van der Waals surface area contributed by atoms with Crippen molar-refractivity contribution in [2.75, 3.05) is 5.01 Å². The van der Waals surface area contributed by atoms with Gasteiger partial charge in [-0.25, -0.2) is 14.2 Å². The summed E-state index contributed by atoms with van der Waals surface area (Å²) >= 11 is 0. The Morgan fingerprint density at radius 2 is 1.90 bits per heavy atom. The number of benzene rings is 1. The molecule has 0 spiro atoms. The molecule has 2 aromatic rings. The van der Waals surface area contributed by atoms with Crippen LogP contribution in [0.1, 0.15) is 26.3 Å². The van der Waals surface area contributed by atoms with Crippen molar-refractivity contribution < 1.29 is 13.9 Å². The maximum atomic E-state index is 13.3. The molecular weight excluding hydrogens is 271 g/mol. The molecule has 112 valence electrons. The number of ether oxygens (including phenoxy) is 1. The Balaban J connectivity index is 2.23. The predicted octanol–water partition coefficient (Wildman–Crippen LogP) is 3.70. The Bertz CT molecular complexity index is 603. The fourth-order valence-electron chi connectivity index (χ4n) is 1.85. The fraction of sp³-hybridized carbons (Fsp3) is 0.312. The van der Waals surface area contributed by atoms with Crippen LogP contribution in [0.25, 0.3) is 0 Å². The second-order valence-corrected chi connectivity index (χ2v) is 5.73. The maximum absolute atomic E-state index is 13.3. The number of hydrogen-bond acceptors (Lipinski definition) is 2. The van der Waals surface area contributed by atoms with Crippen molar-refractivity contribution in [1.29, 1.82) is 0 Å². The van der Waals surface area contributed by atoms with E-state index in [1.54, 1.807) is 50.0 Å². The first kappa shape index (κ1) is 15.1. The zero-order valence-corrected chi connectivity index (χ0v) is 12.4. The van der Waals surface area contributed by atoms with E-state index in [1.165, 1.54) is 17.1 Å². The van der Waals surface area contributed by atoms with E-state index in [9.17, 15) is 9.18 Å². The van der Waals surface area contributed by atoms with Gasteiger partial charge < -0.3 is 4.74 Å². The topological polar surface area (TPSA) is 34.5 Å². The van der Waals surface area contributed by atoms with Crippen LogP contribution in [-0.2, 0) is 11.3 Å². The summed E-state index contributed by atoms with van der Waals surface area (Å²) in [4.78, 5) is 12.3. The highest BCUT2D eigenvalue weighted by Crippen LogP contribution is 2.13. The normalized spacial score (nSPS) is 11.2. The van der Waals surface area contributed by atoms with Crippen molar-refractivity contribution in [3.63, 3.8) is 0 Å². The summed E-state index contributed by atoms with van der Waals surface area (Å²) in [5.74, 6) is -0.329. The minimum atomic E-state index is -0.593. The van der Waals surface area contributed by atoms with Crippen molar-refractivity contribution in [1.82, 2.24) is 4.68 Å². The van der Waals surface area contributed by atoms with Gasteiger partial charge in [-0.1, -0.05) is 12.1 Å². The maximum Gasteiger partial charge on any atom is 0.429 e. The van der Waals surface area contributed by atoms with Crippen LogP contribution in [0.2, 0.25) is 0 Å². The number of rotatable bonds is 3. The van der Waals surface area contributed by atoms with Gasteiger partial charge in [0.25, 0.3) is 0 Å². The number of nitrogens with zero attached hydrogens (tertiary/aromatic N) is 2. The molecule has 1 aromatic heterocycles. The third kappa shape index (κ3) is 4.34. The van der Waals surface area contributed by atoms with Crippen LogP contribution >= 0.6 is 0 Å². The molecule has 0 N–H and O–H groups in total. The molecule has 0 aliphatic heterocycles. The fourth-order valence-corrected chi connectivity index (χ4v) is 1.85. The Morgan fingerprint density at radius 3 is 2.48 bits per heavy atom. The number of halogens is 1. The average Bonchev–Trinajstić information content (AvgIpc) is 2.87. The molecule has 0 radical (unpaired) electrons. The first-order valence-corrected chi connectivity index (χ1v) is 6.73. The summed E-state index contributed by atoms with van der Waals surface area (Å²) in [5, 5.41) is 1.42. The number of amides is 1. The highest BCUT2D eigenvalue weighted by Gasteiger charge is 2.23. The molecule has 0 fully saturated rings. The van der Waals surface area contributed by atoms with Gasteiger partial charge in [-0.05, 0) is 50.6 Å². The van der Waals surface area contributed by atoms with E-state index in [0.717, 1.165) is 0 Å². The first-order valence-electron chi connectivity index (χ1n) is 6.73. The van der Waals surface area contributed by atoms with E-state index in [4.69, 9.17) is 4.74 Å². The third-order valence-electron chi connectivity index (χ3n) is 2.69. The molecule has 1 amide bonds. The summed E-state index contributed by atoms with van der Waals surface area (Å²) in [7, 11) is 0. The molecule has 0 unspecified atom stereocenters. The van der Waals surface area contributed by atoms with E-state index < -0.39 is 11.7 Å². The van der Waals surface area contributed by atoms with Gasteiger partial charge in [0.15, 0.2) is 0 Å². The predicted molar refractivity (Wildman–Crippen MR) is 79.0 cm³/mol. The van der Waals surface area contributed by atoms with Crippen LogP contribution in [0.3, 0.4) is 0 Å². The van der Waals surface area contributed by atoms with Crippen molar-refractivity contribution in [2.24, 2.45) is 0 Å². The lowest BCUT2D eigenvalue weighted by atomic mass is 10.2. The minimum absolute atomic E-state index is 0.224. The molecule has 0 saturated carbocycles. The Labute approximate surface area is 123 Å². The second-order valence-electron chi connectivity index (χ2n) is 5.73. The highest BCUT2D eigenvalue weighted by atomic mass is 19.1. The van der Waals surface area contributed by atoms with Gasteiger partial charge in [-0.2, -0.15) is 0 Å². The minimum Gasteiger partial charge on any atom is -0.442 e. The summed E-state index contributed by atoms with van der Waals surface area (Å²) in [6.45, 7) is 5.64. The monoisotopic (exact) mass is 290 g/mol. The molecule has 1 heterocycles. The van der Waals surface area contributed by atoms with Gasteiger partial charge >= 0.3 is 6.09 Å². The third-order valence-corrected chi connectivity index (χ3v) is 2.69. The summed E-state index contributed by atoms with van der Waals surface area (Å²) < 4.78 is 20.3. The largest absolute Gasteiger partial charge is 0.442 e. The van der Waals surface area contributed by atoms with Crippen molar-refractivity contribution in [3.8, 4) is 0 Å². The number of hydrogen-bond donors (Lipinski definition) is 0. The molecule has 0 aliphatic carbocycles. The van der Waals surface area contributed by atoms with Gasteiger partial charge in [0.05, 0.1) is 6.54 Å². The van der Waals surface area contributed by atoms with Crippen molar-refractivity contribution in [3.05, 3.63) is 60.2 Å². The van der Waals surface area contributed by atoms with E-state index >= 15 is 0 Å². The quantitative estimate of drug-likeness (QED) is 0.863. The summed E-state index contributed by atoms with van der Waals surface area (Å²) in [5.41, 5.74) is 0.0966. The van der Waals surface area contributed by atoms with E-state index in [2.05, 4.69) is 0 Å². The molecule has 0 saturated heterocycles. The standard InChI is InChI=1S/C16H19FN2O2/c1-16(2,3)21-15(20)19(18-9-4-5-10-18)12-13-7-6-8-14(17)11-13/h4-11H,12H2,1-3H3. The SMILES string of the molecule is CC(C)(C)OC(=O)N(Cc1cccc(F)c1)n1cccc1. The zero-order chi connectivity index (χ0) is 15.5. The molecule has 0 aliphatic rings. The van der Waals surface area contributed by atoms with Crippen LogP contribution < -0.4 is 5.01 Å². The highest BCUT2D eigenvalue weighted by molar-refractivity contribution is 5.78. The number of carbonyl (C=O) groups excluding carboxylic acids is 1. The van der Waals surface area contributed by atoms with Crippen molar-refractivity contribution >= 4 is 6.09 Å². The van der Waals surface area contributed by atoms with Gasteiger partial charge in [0.2, 0.25) is 0 Å². The van der Waals surface area contributed by atoms with Crippen molar-refractivity contribution in [2.45, 2.75) is 32.9 Å². The Kier molecular flexibility index (Phi) is 4.31. The molecule has 5 heteroatoms. The molecule has 4 nitrogen and oxygen atoms in total. The molecule has 2 rings (SSSR count). The molecule has 21 heavy (non-hydrogen) atoms. The van der Waals surface area contributed by atoms with Crippen LogP contribution in [0.5, 0.6) is 0 Å². The Hall–Kier alpha value is -2.30. The molecule has 0 bridgehead atoms. The molecule has 0 atom stereocenters. The lowest BCUT2D eigenvalue weighted by molar-refractivity contribution is 0.0534. The smallest absolute Gasteiger partial charge is 0.429 e. The van der Waals surface area contributed by atoms with E-state index in [-0.39, 0.29) is 12.4 Å². The van der Waals surface area contributed by atoms with Gasteiger partial charge in [0, 0.05) is 12.4 Å². The second kappa shape index (κ2) is 5.99.